The van der Waals surface area contributed by atoms with Crippen LogP contribution >= 0.6 is 0 Å². The van der Waals surface area contributed by atoms with Crippen LogP contribution in [0.25, 0.3) is 55.3 Å². The summed E-state index contributed by atoms with van der Waals surface area (Å²) in [6, 6.07) is -7.14. The van der Waals surface area contributed by atoms with Crippen LogP contribution < -0.4 is 4.90 Å². The maximum atomic E-state index is 10.8. The van der Waals surface area contributed by atoms with Crippen LogP contribution in [0.15, 0.2) is 236 Å². The zero-order valence-electron chi connectivity index (χ0n) is 60.4. The van der Waals surface area contributed by atoms with Crippen LogP contribution in [0.1, 0.15) is 84.2 Å². The highest BCUT2D eigenvalue weighted by Gasteiger charge is 2.46. The molecule has 298 valence electrons. The van der Waals surface area contributed by atoms with Crippen molar-refractivity contribution in [3.8, 4) is 44.5 Å². The second-order valence-corrected chi connectivity index (χ2v) is 15.5. The molecule has 0 saturated heterocycles. The van der Waals surface area contributed by atoms with Gasteiger partial charge in [0, 0.05) is 22.4 Å². The Morgan fingerprint density at radius 2 is 1.06 bits per heavy atom. The topological polar surface area (TPSA) is 3.24 Å². The van der Waals surface area contributed by atoms with Crippen LogP contribution in [0.2, 0.25) is 0 Å². The third-order valence-corrected chi connectivity index (χ3v) is 11.9. The van der Waals surface area contributed by atoms with E-state index >= 15 is 0 Å². The number of nitrogens with zero attached hydrogens (tertiary/aromatic N) is 1. The van der Waals surface area contributed by atoms with E-state index in [0.29, 0.717) is 16.9 Å². The van der Waals surface area contributed by atoms with E-state index in [9.17, 15) is 23.3 Å². The molecule has 0 aromatic heterocycles. The fourth-order valence-electron chi connectivity index (χ4n) is 9.21. The van der Waals surface area contributed by atoms with Crippen molar-refractivity contribution in [2.75, 3.05) is 4.90 Å². The molecule has 0 radical (unpaired) electrons. The lowest BCUT2D eigenvalue weighted by Crippen LogP contribution is -2.28. The van der Waals surface area contributed by atoms with Crippen molar-refractivity contribution < 1.29 is 37.0 Å². The Morgan fingerprint density at radius 3 is 1.87 bits per heavy atom. The second-order valence-electron chi connectivity index (χ2n) is 15.5. The van der Waals surface area contributed by atoms with Gasteiger partial charge < -0.3 is 4.90 Å². The number of anilines is 3. The van der Waals surface area contributed by atoms with Gasteiger partial charge in [-0.3, -0.25) is 0 Å². The first-order valence-corrected chi connectivity index (χ1v) is 19.9. The number of hydrogen-bond donors (Lipinski definition) is 0. The predicted molar refractivity (Wildman–Crippen MR) is 264 cm³/mol. The van der Waals surface area contributed by atoms with E-state index in [4.69, 9.17) is 13.7 Å². The molecule has 0 heterocycles. The molecule has 1 nitrogen and oxygen atoms in total. The van der Waals surface area contributed by atoms with Crippen molar-refractivity contribution in [3.05, 3.63) is 269 Å². The average molecular weight is 831 g/mol. The minimum absolute atomic E-state index is 0.308. The van der Waals surface area contributed by atoms with Gasteiger partial charge in [0.2, 0.25) is 0 Å². The molecule has 10 aromatic rings. The summed E-state index contributed by atoms with van der Waals surface area (Å²) < 4.78 is 257. The molecule has 0 unspecified atom stereocenters. The molecule has 0 N–H and O–H groups in total. The zero-order chi connectivity index (χ0) is 65.6. The largest absolute Gasteiger partial charge is 0.310 e. The molecular weight excluding hydrogens is 759 g/mol. The summed E-state index contributed by atoms with van der Waals surface area (Å²) in [5.74, 6) is 0. The summed E-state index contributed by atoms with van der Waals surface area (Å²) in [5.41, 5.74) is -9.68. The standard InChI is InChI=1S/C62H45N/c1-61(2)54-32-16-15-31-53(54)60-56(61)34-19-35-58(60)63(47-26-10-5-11-27-47)48-28-18-21-43(40-48)50-38-36-42-20-12-13-29-49(42)59(50)44-37-39-52-51-30-14-17-33-55(51)62(57(52)41-44,45-22-6-3-7-23-45)46-24-8-4-9-25-46/h3-41H,1-2H3/i3D,4D,6D,7D,8D,9D,12D,13D,14D,17D,18D,20D,21D,22D,23D,24D,25D,28D,29D,30D,33D,36D,37D,38D,39D,40D,41D. The molecule has 0 spiro atoms. The van der Waals surface area contributed by atoms with Crippen molar-refractivity contribution in [1.82, 2.24) is 0 Å². The molecule has 0 fully saturated rings. The highest BCUT2D eigenvalue weighted by molar-refractivity contribution is 6.05. The minimum Gasteiger partial charge on any atom is -0.310 e. The molecule has 2 aliphatic rings. The first kappa shape index (κ1) is 18.7. The fraction of sp³-hybridized carbons (Fsp3) is 0.0645. The van der Waals surface area contributed by atoms with Gasteiger partial charge in [-0.15, -0.1) is 0 Å². The molecule has 1 heteroatoms. The van der Waals surface area contributed by atoms with Gasteiger partial charge >= 0.3 is 0 Å². The Morgan fingerprint density at radius 1 is 0.397 bits per heavy atom. The van der Waals surface area contributed by atoms with Gasteiger partial charge in [0.25, 0.3) is 0 Å². The van der Waals surface area contributed by atoms with Crippen molar-refractivity contribution in [2.24, 2.45) is 0 Å². The number of benzene rings is 10. The molecule has 0 atom stereocenters. The van der Waals surface area contributed by atoms with E-state index in [1.54, 1.807) is 42.5 Å². The van der Waals surface area contributed by atoms with Crippen LogP contribution in [0.5, 0.6) is 0 Å². The summed E-state index contributed by atoms with van der Waals surface area (Å²) in [6.45, 7) is 4.05. The molecule has 63 heavy (non-hydrogen) atoms. The highest BCUT2D eigenvalue weighted by Crippen LogP contribution is 2.58. The molecule has 0 aliphatic heterocycles. The third kappa shape index (κ3) is 5.56. The molecule has 0 saturated carbocycles. The van der Waals surface area contributed by atoms with E-state index in [2.05, 4.69) is 0 Å². The number of fused-ring (bicyclic) bond motifs is 7. The van der Waals surface area contributed by atoms with Gasteiger partial charge in [0.05, 0.1) is 48.1 Å². The zero-order valence-corrected chi connectivity index (χ0v) is 33.4. The Labute approximate surface area is 408 Å². The minimum atomic E-state index is -3.35. The average Bonchev–Trinajstić information content (AvgIpc) is 1.43. The Hall–Kier alpha value is -7.74. The fourth-order valence-corrected chi connectivity index (χ4v) is 9.21. The molecule has 2 aliphatic carbocycles. The highest BCUT2D eigenvalue weighted by atomic mass is 15.1. The SMILES string of the molecule is [2H]c1c([2H])c([2H])c(C2(c3c([2H])c([2H])c([2H])c([2H])c3[2H])c3c([2H])c([2H])c([2H])c([2H])c3-c3c([2H])c([2H])c(-c4c(-c5c([2H])c([2H])c([2H])c(N(c6ccccc6)c6cccc7c6-c6ccccc6C7(C)C)c5[2H])c([2H])c([2H])c5c([2H])c([2H])c([2H])c([2H])c45)c([2H])c32)c([2H])c1[2H]. The van der Waals surface area contributed by atoms with Gasteiger partial charge in [0.15, 0.2) is 0 Å². The molecular formula is C62H45N. The van der Waals surface area contributed by atoms with E-state index in [1.807, 2.05) is 44.2 Å². The molecule has 0 amide bonds. The van der Waals surface area contributed by atoms with E-state index in [-0.39, 0.29) is 0 Å². The van der Waals surface area contributed by atoms with Crippen LogP contribution in [0.4, 0.5) is 17.1 Å². The normalized spacial score (nSPS) is 19.8. The lowest BCUT2D eigenvalue weighted by molar-refractivity contribution is 0.660. The van der Waals surface area contributed by atoms with E-state index in [1.165, 1.54) is 4.90 Å². The van der Waals surface area contributed by atoms with Crippen molar-refractivity contribution in [1.29, 1.82) is 0 Å². The first-order chi connectivity index (χ1) is 42.3. The maximum Gasteiger partial charge on any atom is 0.0713 e. The van der Waals surface area contributed by atoms with Crippen molar-refractivity contribution in [2.45, 2.75) is 24.7 Å². The van der Waals surface area contributed by atoms with Gasteiger partial charge in [0.1, 0.15) is 0 Å². The van der Waals surface area contributed by atoms with Crippen LogP contribution in [0.3, 0.4) is 0 Å². The monoisotopic (exact) mass is 831 g/mol. The van der Waals surface area contributed by atoms with Crippen LogP contribution in [0, 0.1) is 0 Å². The molecule has 0 bridgehead atoms. The molecule has 12 rings (SSSR count). The van der Waals surface area contributed by atoms with Gasteiger partial charge in [-0.05, 0) is 119 Å². The Balaban J connectivity index is 1.35. The predicted octanol–water partition coefficient (Wildman–Crippen LogP) is 16.3. The molecule has 10 aromatic carbocycles. The van der Waals surface area contributed by atoms with Crippen LogP contribution in [-0.4, -0.2) is 0 Å². The van der Waals surface area contributed by atoms with Gasteiger partial charge in [-0.1, -0.05) is 213 Å². The van der Waals surface area contributed by atoms with E-state index < -0.39 is 246 Å². The smallest absolute Gasteiger partial charge is 0.0713 e. The number of hydrogen-bond acceptors (Lipinski definition) is 1. The third-order valence-electron chi connectivity index (χ3n) is 11.9. The summed E-state index contributed by atoms with van der Waals surface area (Å²) in [6.07, 6.45) is 0. The van der Waals surface area contributed by atoms with Crippen molar-refractivity contribution >= 4 is 27.8 Å². The maximum absolute atomic E-state index is 10.8. The lowest BCUT2D eigenvalue weighted by atomic mass is 9.67. The van der Waals surface area contributed by atoms with Gasteiger partial charge in [-0.2, -0.15) is 0 Å². The quantitative estimate of drug-likeness (QED) is 0.155. The summed E-state index contributed by atoms with van der Waals surface area (Å²) in [4.78, 5) is 1.51. The first-order valence-electron chi connectivity index (χ1n) is 33.4. The summed E-state index contributed by atoms with van der Waals surface area (Å²) >= 11 is 0. The summed E-state index contributed by atoms with van der Waals surface area (Å²) in [7, 11) is 0. The second kappa shape index (κ2) is 14.4. The Kier molecular flexibility index (Phi) is 4.29. The van der Waals surface area contributed by atoms with E-state index in [0.717, 1.165) is 16.7 Å². The lowest BCUT2D eigenvalue weighted by Gasteiger charge is -2.34. The van der Waals surface area contributed by atoms with Crippen molar-refractivity contribution in [3.63, 3.8) is 0 Å². The summed E-state index contributed by atoms with van der Waals surface area (Å²) in [5, 5.41) is -1.55. The van der Waals surface area contributed by atoms with Crippen LogP contribution in [-0.2, 0) is 10.8 Å². The number of para-hydroxylation sites is 1. The van der Waals surface area contributed by atoms with Gasteiger partial charge in [-0.25, -0.2) is 0 Å². The number of rotatable bonds is 7. The Bertz CT molecular complexity index is 4830.